The maximum atomic E-state index is 3.55. The highest BCUT2D eigenvalue weighted by Crippen LogP contribution is 2.22. The highest BCUT2D eigenvalue weighted by atomic mass is 127. The highest BCUT2D eigenvalue weighted by molar-refractivity contribution is 14.1. The first kappa shape index (κ1) is 13.4. The molecule has 0 fully saturated rings. The second kappa shape index (κ2) is 5.74. The number of hydrogen-bond acceptors (Lipinski definition) is 1. The Morgan fingerprint density at radius 2 is 1.67 bits per heavy atom. The largest absolute Gasteiger partial charge is 0.378 e. The van der Waals surface area contributed by atoms with Crippen LogP contribution in [-0.4, -0.2) is 0 Å². The number of hydrogen-bond donors (Lipinski definition) is 1. The van der Waals surface area contributed by atoms with Gasteiger partial charge < -0.3 is 5.32 Å². The van der Waals surface area contributed by atoms with Gasteiger partial charge in [0.2, 0.25) is 0 Å². The van der Waals surface area contributed by atoms with E-state index < -0.39 is 0 Å². The summed E-state index contributed by atoms with van der Waals surface area (Å²) in [6.07, 6.45) is 0. The summed E-state index contributed by atoms with van der Waals surface area (Å²) in [6.45, 7) is 6.50. The third-order valence-electron chi connectivity index (χ3n) is 2.95. The van der Waals surface area contributed by atoms with E-state index in [1.165, 1.54) is 25.9 Å². The summed E-state index contributed by atoms with van der Waals surface area (Å²) in [5.74, 6) is 0. The zero-order valence-corrected chi connectivity index (χ0v) is 13.2. The van der Waals surface area contributed by atoms with Gasteiger partial charge >= 0.3 is 0 Å². The fourth-order valence-corrected chi connectivity index (χ4v) is 2.71. The SMILES string of the molecule is Cc1cc(C)cc(C(C)Nc2cccc(I)c2)c1. The van der Waals surface area contributed by atoms with Gasteiger partial charge in [0.05, 0.1) is 0 Å². The molecule has 0 aliphatic rings. The van der Waals surface area contributed by atoms with E-state index in [1.807, 2.05) is 0 Å². The Morgan fingerprint density at radius 1 is 1.00 bits per heavy atom. The van der Waals surface area contributed by atoms with Crippen LogP contribution >= 0.6 is 22.6 Å². The molecule has 0 aliphatic heterocycles. The predicted octanol–water partition coefficient (Wildman–Crippen LogP) is 5.08. The minimum atomic E-state index is 0.321. The third kappa shape index (κ3) is 3.48. The van der Waals surface area contributed by atoms with E-state index in [0.717, 1.165) is 0 Å². The van der Waals surface area contributed by atoms with E-state index in [1.54, 1.807) is 0 Å². The molecule has 0 bridgehead atoms. The van der Waals surface area contributed by atoms with E-state index in [2.05, 4.69) is 91.1 Å². The Morgan fingerprint density at radius 3 is 2.28 bits per heavy atom. The summed E-state index contributed by atoms with van der Waals surface area (Å²) >= 11 is 2.34. The van der Waals surface area contributed by atoms with Crippen molar-refractivity contribution in [2.45, 2.75) is 26.8 Å². The van der Waals surface area contributed by atoms with E-state index in [9.17, 15) is 0 Å². The van der Waals surface area contributed by atoms with Crippen molar-refractivity contribution in [3.8, 4) is 0 Å². The lowest BCUT2D eigenvalue weighted by molar-refractivity contribution is 0.880. The van der Waals surface area contributed by atoms with E-state index in [-0.39, 0.29) is 0 Å². The minimum Gasteiger partial charge on any atom is -0.378 e. The van der Waals surface area contributed by atoms with Gasteiger partial charge in [-0.15, -0.1) is 0 Å². The number of anilines is 1. The van der Waals surface area contributed by atoms with Crippen LogP contribution in [0, 0.1) is 17.4 Å². The van der Waals surface area contributed by atoms with Gasteiger partial charge in [-0.3, -0.25) is 0 Å². The summed E-state index contributed by atoms with van der Waals surface area (Å²) in [4.78, 5) is 0. The molecule has 0 spiro atoms. The molecular weight excluding hydrogens is 333 g/mol. The van der Waals surface area contributed by atoms with Gasteiger partial charge in [-0.2, -0.15) is 0 Å². The van der Waals surface area contributed by atoms with Crippen molar-refractivity contribution in [3.63, 3.8) is 0 Å². The Labute approximate surface area is 123 Å². The first-order chi connectivity index (χ1) is 8.54. The van der Waals surface area contributed by atoms with Gasteiger partial charge in [0.1, 0.15) is 0 Å². The molecule has 0 radical (unpaired) electrons. The summed E-state index contributed by atoms with van der Waals surface area (Å²) in [7, 11) is 0. The molecule has 2 heteroatoms. The van der Waals surface area contributed by atoms with Gasteiger partial charge in [0.15, 0.2) is 0 Å². The molecule has 1 atom stereocenters. The second-order valence-corrected chi connectivity index (χ2v) is 6.04. The summed E-state index contributed by atoms with van der Waals surface area (Å²) in [5.41, 5.74) is 5.16. The number of aryl methyl sites for hydroxylation is 2. The molecule has 0 aromatic heterocycles. The first-order valence-corrected chi connectivity index (χ1v) is 7.23. The Balaban J connectivity index is 2.19. The van der Waals surface area contributed by atoms with Crippen molar-refractivity contribution in [1.29, 1.82) is 0 Å². The van der Waals surface area contributed by atoms with Gasteiger partial charge in [0, 0.05) is 15.3 Å². The van der Waals surface area contributed by atoms with Crippen LogP contribution < -0.4 is 5.32 Å². The van der Waals surface area contributed by atoms with Crippen LogP contribution in [0.25, 0.3) is 0 Å². The molecule has 2 aromatic rings. The third-order valence-corrected chi connectivity index (χ3v) is 3.62. The van der Waals surface area contributed by atoms with E-state index in [0.29, 0.717) is 6.04 Å². The Kier molecular flexibility index (Phi) is 4.27. The summed E-state index contributed by atoms with van der Waals surface area (Å²) < 4.78 is 1.25. The smallest absolute Gasteiger partial charge is 0.0485 e. The van der Waals surface area contributed by atoms with Crippen molar-refractivity contribution in [2.24, 2.45) is 0 Å². The molecule has 1 N–H and O–H groups in total. The van der Waals surface area contributed by atoms with Crippen molar-refractivity contribution in [1.82, 2.24) is 0 Å². The topological polar surface area (TPSA) is 12.0 Å². The highest BCUT2D eigenvalue weighted by Gasteiger charge is 2.06. The maximum absolute atomic E-state index is 3.55. The lowest BCUT2D eigenvalue weighted by Gasteiger charge is -2.17. The molecule has 0 heterocycles. The molecule has 1 unspecified atom stereocenters. The number of nitrogens with one attached hydrogen (secondary N) is 1. The fourth-order valence-electron chi connectivity index (χ4n) is 2.17. The lowest BCUT2D eigenvalue weighted by atomic mass is 10.0. The maximum Gasteiger partial charge on any atom is 0.0485 e. The predicted molar refractivity (Wildman–Crippen MR) is 87.1 cm³/mol. The molecule has 18 heavy (non-hydrogen) atoms. The van der Waals surface area contributed by atoms with Gasteiger partial charge in [-0.05, 0) is 67.1 Å². The van der Waals surface area contributed by atoms with Crippen LogP contribution in [0.15, 0.2) is 42.5 Å². The molecule has 0 saturated heterocycles. The van der Waals surface area contributed by atoms with Crippen molar-refractivity contribution < 1.29 is 0 Å². The molecular formula is C16H18IN. The minimum absolute atomic E-state index is 0.321. The second-order valence-electron chi connectivity index (χ2n) is 4.80. The average Bonchev–Trinajstić information content (AvgIpc) is 2.27. The van der Waals surface area contributed by atoms with Crippen LogP contribution in [0.5, 0.6) is 0 Å². The normalized spacial score (nSPS) is 12.2. The molecule has 94 valence electrons. The molecule has 0 aliphatic carbocycles. The van der Waals surface area contributed by atoms with Crippen LogP contribution in [0.4, 0.5) is 5.69 Å². The van der Waals surface area contributed by atoms with Gasteiger partial charge in [-0.25, -0.2) is 0 Å². The zero-order valence-electron chi connectivity index (χ0n) is 11.0. The van der Waals surface area contributed by atoms with Crippen LogP contribution in [-0.2, 0) is 0 Å². The van der Waals surface area contributed by atoms with Crippen LogP contribution in [0.1, 0.15) is 29.7 Å². The molecule has 0 amide bonds. The lowest BCUT2D eigenvalue weighted by Crippen LogP contribution is -2.07. The van der Waals surface area contributed by atoms with Crippen LogP contribution in [0.2, 0.25) is 0 Å². The zero-order chi connectivity index (χ0) is 13.1. The average molecular weight is 351 g/mol. The van der Waals surface area contributed by atoms with E-state index in [4.69, 9.17) is 0 Å². The number of halogens is 1. The monoisotopic (exact) mass is 351 g/mol. The van der Waals surface area contributed by atoms with E-state index >= 15 is 0 Å². The van der Waals surface area contributed by atoms with Gasteiger partial charge in [-0.1, -0.05) is 35.4 Å². The molecule has 2 aromatic carbocycles. The quantitative estimate of drug-likeness (QED) is 0.761. The first-order valence-electron chi connectivity index (χ1n) is 6.15. The molecule has 0 saturated carbocycles. The Hall–Kier alpha value is -1.03. The van der Waals surface area contributed by atoms with Crippen LogP contribution in [0.3, 0.4) is 0 Å². The van der Waals surface area contributed by atoms with Gasteiger partial charge in [0.25, 0.3) is 0 Å². The summed E-state index contributed by atoms with van der Waals surface area (Å²) in [6, 6.07) is 15.5. The standard InChI is InChI=1S/C16H18IN/c1-11-7-12(2)9-14(8-11)13(3)18-16-6-4-5-15(17)10-16/h4-10,13,18H,1-3H3. The van der Waals surface area contributed by atoms with Crippen molar-refractivity contribution in [2.75, 3.05) is 5.32 Å². The Bertz CT molecular complexity index is 528. The number of benzene rings is 2. The van der Waals surface area contributed by atoms with Crippen molar-refractivity contribution >= 4 is 28.3 Å². The fraction of sp³-hybridized carbons (Fsp3) is 0.250. The van der Waals surface area contributed by atoms with Crippen molar-refractivity contribution in [3.05, 3.63) is 62.7 Å². The number of rotatable bonds is 3. The molecule has 1 nitrogen and oxygen atoms in total. The summed E-state index contributed by atoms with van der Waals surface area (Å²) in [5, 5.41) is 3.55. The molecule has 2 rings (SSSR count).